The Morgan fingerprint density at radius 3 is 2.42 bits per heavy atom. The zero-order valence-corrected chi connectivity index (χ0v) is 15.9. The first kappa shape index (κ1) is 17.7. The van der Waals surface area contributed by atoms with Gasteiger partial charge >= 0.3 is 13.1 Å². The van der Waals surface area contributed by atoms with Crippen molar-refractivity contribution < 1.29 is 26.3 Å². The predicted octanol–water partition coefficient (Wildman–Crippen LogP) is 5.64. The largest absolute Gasteiger partial charge is 0.738 e. The minimum atomic E-state index is -4.52. The maximum Gasteiger partial charge on any atom is 0.738 e. The maximum absolute atomic E-state index is 15.1. The van der Waals surface area contributed by atoms with Gasteiger partial charge in [-0.1, -0.05) is 12.1 Å². The molecule has 134 valence electrons. The van der Waals surface area contributed by atoms with E-state index < -0.39 is 18.7 Å². The molecule has 0 spiro atoms. The van der Waals surface area contributed by atoms with Crippen LogP contribution in [0.2, 0.25) is 0 Å². The van der Waals surface area contributed by atoms with Gasteiger partial charge in [-0.25, -0.2) is 0 Å². The molecule has 0 amide bonds. The lowest BCUT2D eigenvalue weighted by molar-refractivity contribution is -0.358. The molecule has 1 aromatic carbocycles. The van der Waals surface area contributed by atoms with Crippen LogP contribution in [0.1, 0.15) is 16.8 Å². The fraction of sp³-hybridized carbons (Fsp3) is 0.0625. The number of aromatic nitrogens is 1. The molecule has 2 nitrogen and oxygen atoms in total. The molecule has 2 aliphatic rings. The predicted molar refractivity (Wildman–Crippen MR) is 96.3 cm³/mol. The van der Waals surface area contributed by atoms with Gasteiger partial charge in [-0.15, -0.1) is 0 Å². The second-order valence-electron chi connectivity index (χ2n) is 5.86. The van der Waals surface area contributed by atoms with E-state index in [2.05, 4.69) is 31.9 Å². The van der Waals surface area contributed by atoms with Crippen LogP contribution in [0.5, 0.6) is 0 Å². The van der Waals surface area contributed by atoms with Crippen molar-refractivity contribution in [3.05, 3.63) is 75.7 Å². The maximum atomic E-state index is 15.1. The highest BCUT2D eigenvalue weighted by molar-refractivity contribution is 9.18. The van der Waals surface area contributed by atoms with E-state index in [-0.39, 0.29) is 26.2 Å². The van der Waals surface area contributed by atoms with E-state index in [1.807, 2.05) is 0 Å². The normalized spacial score (nSPS) is 18.4. The molecule has 0 bridgehead atoms. The van der Waals surface area contributed by atoms with Gasteiger partial charge in [0.2, 0.25) is 4.62 Å². The van der Waals surface area contributed by atoms with E-state index in [9.17, 15) is 13.2 Å². The SMILES string of the molecule is F[B-]1(F)n2c(Br)ccc2C(c2cccc(C(F)(F)F)c2)=C2C=CC(Br)=[N+]21. The molecule has 0 N–H and O–H groups in total. The summed E-state index contributed by atoms with van der Waals surface area (Å²) in [6.07, 6.45) is -1.59. The van der Waals surface area contributed by atoms with E-state index >= 15 is 8.63 Å². The minimum Gasteiger partial charge on any atom is -0.389 e. The Kier molecular flexibility index (Phi) is 3.86. The first-order chi connectivity index (χ1) is 12.1. The first-order valence-electron chi connectivity index (χ1n) is 7.43. The number of benzene rings is 1. The highest BCUT2D eigenvalue weighted by atomic mass is 79.9. The summed E-state index contributed by atoms with van der Waals surface area (Å²) in [6, 6.07) is 7.61. The summed E-state index contributed by atoms with van der Waals surface area (Å²) in [4.78, 5) is 0. The molecule has 0 aliphatic carbocycles. The van der Waals surface area contributed by atoms with Gasteiger partial charge < -0.3 is 17.6 Å². The monoisotopic (exact) mass is 492 g/mol. The smallest absolute Gasteiger partial charge is 0.389 e. The molecule has 0 saturated heterocycles. The third-order valence-corrected chi connectivity index (χ3v) is 5.64. The molecule has 0 unspecified atom stereocenters. The number of hydrogen-bond acceptors (Lipinski definition) is 0. The van der Waals surface area contributed by atoms with Crippen LogP contribution in [-0.4, -0.2) is 20.6 Å². The van der Waals surface area contributed by atoms with Gasteiger partial charge in [0.1, 0.15) is 0 Å². The Labute approximate surface area is 161 Å². The molecule has 0 fully saturated rings. The third-order valence-electron chi connectivity index (χ3n) is 4.35. The Balaban J connectivity index is 2.05. The fourth-order valence-electron chi connectivity index (χ4n) is 3.28. The molecule has 26 heavy (non-hydrogen) atoms. The number of rotatable bonds is 1. The number of halogens is 7. The van der Waals surface area contributed by atoms with Gasteiger partial charge in [0.25, 0.3) is 0 Å². The minimum absolute atomic E-state index is 0.147. The van der Waals surface area contributed by atoms with Gasteiger partial charge in [0.15, 0.2) is 5.70 Å². The molecule has 0 radical (unpaired) electrons. The van der Waals surface area contributed by atoms with Crippen LogP contribution in [0.4, 0.5) is 21.8 Å². The van der Waals surface area contributed by atoms with E-state index in [4.69, 9.17) is 0 Å². The average Bonchev–Trinajstić information content (AvgIpc) is 3.12. The first-order valence-corrected chi connectivity index (χ1v) is 9.02. The molecular formula is C16H8BBr2F5N2. The second-order valence-corrected chi connectivity index (χ2v) is 7.49. The third kappa shape index (κ3) is 2.45. The summed E-state index contributed by atoms with van der Waals surface area (Å²) in [5.74, 6) is 0. The van der Waals surface area contributed by atoms with Crippen molar-refractivity contribution in [3.63, 3.8) is 0 Å². The van der Waals surface area contributed by atoms with E-state index in [1.165, 1.54) is 36.4 Å². The van der Waals surface area contributed by atoms with Crippen LogP contribution >= 0.6 is 31.9 Å². The highest BCUT2D eigenvalue weighted by Crippen LogP contribution is 2.42. The van der Waals surface area contributed by atoms with Gasteiger partial charge in [-0.3, -0.25) is 0 Å². The van der Waals surface area contributed by atoms with Crippen LogP contribution < -0.4 is 0 Å². The fourth-order valence-corrected chi connectivity index (χ4v) is 4.42. The lowest BCUT2D eigenvalue weighted by Gasteiger charge is -2.32. The summed E-state index contributed by atoms with van der Waals surface area (Å²) in [7, 11) is 0. The standard InChI is InChI=1S/C16H8BBr2F5N2/c18-13-6-4-11-15(9-2-1-3-10(8-9)16(20,21)22)12-5-7-14(19)26(12)17(23,24)25(11)13/h1-8H. The lowest BCUT2D eigenvalue weighted by atomic mass is 9.86. The Bertz CT molecular complexity index is 1030. The molecule has 10 heteroatoms. The Morgan fingerprint density at radius 1 is 1.00 bits per heavy atom. The van der Waals surface area contributed by atoms with Gasteiger partial charge in [-0.2, -0.15) is 13.2 Å². The summed E-state index contributed by atoms with van der Waals surface area (Å²) >= 11 is 6.23. The lowest BCUT2D eigenvalue weighted by Crippen LogP contribution is -2.50. The summed E-state index contributed by atoms with van der Waals surface area (Å²) in [5, 5.41) is 0. The van der Waals surface area contributed by atoms with E-state index in [0.717, 1.165) is 21.1 Å². The van der Waals surface area contributed by atoms with Gasteiger partial charge in [0.05, 0.1) is 15.7 Å². The van der Waals surface area contributed by atoms with Crippen molar-refractivity contribution in [2.24, 2.45) is 0 Å². The van der Waals surface area contributed by atoms with Crippen LogP contribution in [0, 0.1) is 0 Å². The number of allylic oxidation sites excluding steroid dienone is 2. The molecule has 0 saturated carbocycles. The van der Waals surface area contributed by atoms with Crippen molar-refractivity contribution in [1.82, 2.24) is 4.48 Å². The van der Waals surface area contributed by atoms with Crippen LogP contribution in [0.25, 0.3) is 5.57 Å². The molecule has 0 atom stereocenters. The Hall–Kier alpha value is -1.68. The molecule has 2 aromatic rings. The van der Waals surface area contributed by atoms with Crippen molar-refractivity contribution in [2.45, 2.75) is 6.18 Å². The Morgan fingerprint density at radius 2 is 1.73 bits per heavy atom. The summed E-state index contributed by atoms with van der Waals surface area (Å²) in [5.41, 5.74) is -0.0107. The molecule has 1 aromatic heterocycles. The van der Waals surface area contributed by atoms with Crippen LogP contribution in [-0.2, 0) is 6.18 Å². The molecule has 3 heterocycles. The van der Waals surface area contributed by atoms with Gasteiger partial charge in [0, 0.05) is 33.8 Å². The number of alkyl halides is 3. The molecule has 2 aliphatic heterocycles. The number of fused-ring (bicyclic) bond motifs is 2. The molecule has 4 rings (SSSR count). The van der Waals surface area contributed by atoms with E-state index in [0.29, 0.717) is 5.57 Å². The van der Waals surface area contributed by atoms with Crippen molar-refractivity contribution in [3.8, 4) is 0 Å². The molecular weight excluding hydrogens is 486 g/mol. The number of nitrogens with zero attached hydrogens (tertiary/aromatic N) is 2. The van der Waals surface area contributed by atoms with Crippen molar-refractivity contribution >= 4 is 49.0 Å². The average molecular weight is 494 g/mol. The summed E-state index contributed by atoms with van der Waals surface area (Å²) < 4.78 is 71.4. The second kappa shape index (κ2) is 5.66. The van der Waals surface area contributed by atoms with Crippen molar-refractivity contribution in [1.29, 1.82) is 0 Å². The van der Waals surface area contributed by atoms with E-state index in [1.54, 1.807) is 0 Å². The van der Waals surface area contributed by atoms with Crippen LogP contribution in [0.3, 0.4) is 0 Å². The van der Waals surface area contributed by atoms with Crippen LogP contribution in [0.15, 0.2) is 58.9 Å². The zero-order valence-electron chi connectivity index (χ0n) is 12.7. The van der Waals surface area contributed by atoms with Crippen molar-refractivity contribution in [2.75, 3.05) is 0 Å². The number of hydrogen-bond donors (Lipinski definition) is 0. The topological polar surface area (TPSA) is 7.94 Å². The quantitative estimate of drug-likeness (QED) is 0.359. The zero-order chi connectivity index (χ0) is 18.9. The highest BCUT2D eigenvalue weighted by Gasteiger charge is 2.54. The van der Waals surface area contributed by atoms with Gasteiger partial charge in [-0.05, 0) is 45.8 Å². The summed E-state index contributed by atoms with van der Waals surface area (Å²) in [6.45, 7) is -4.20.